The highest BCUT2D eigenvalue weighted by Gasteiger charge is 2.09. The molecule has 0 saturated heterocycles. The molecule has 1 aromatic carbocycles. The molecule has 94 valence electrons. The summed E-state index contributed by atoms with van der Waals surface area (Å²) in [5.74, 6) is -0.494. The Balaban J connectivity index is 2.41. The standard InChI is InChI=1S/C13H13F2N3/c1-8(16)6-13-17-5-4-12(18-13)10-7-9(14)2-3-11(10)15/h2-5,7-8H,6,16H2,1H3. The van der Waals surface area contributed by atoms with Crippen LogP contribution in [0.1, 0.15) is 12.7 Å². The van der Waals surface area contributed by atoms with Crippen LogP contribution in [0.5, 0.6) is 0 Å². The molecule has 1 atom stereocenters. The van der Waals surface area contributed by atoms with E-state index in [9.17, 15) is 8.78 Å². The summed E-state index contributed by atoms with van der Waals surface area (Å²) >= 11 is 0. The van der Waals surface area contributed by atoms with Crippen molar-refractivity contribution >= 4 is 0 Å². The molecule has 0 aliphatic heterocycles. The van der Waals surface area contributed by atoms with Crippen molar-refractivity contribution in [2.24, 2.45) is 5.73 Å². The van der Waals surface area contributed by atoms with Crippen LogP contribution < -0.4 is 5.73 Å². The summed E-state index contributed by atoms with van der Waals surface area (Å²) in [4.78, 5) is 8.24. The van der Waals surface area contributed by atoms with Crippen molar-refractivity contribution in [3.63, 3.8) is 0 Å². The number of hydrogen-bond donors (Lipinski definition) is 1. The van der Waals surface area contributed by atoms with Crippen molar-refractivity contribution in [2.45, 2.75) is 19.4 Å². The third-order valence-electron chi connectivity index (χ3n) is 2.41. The molecule has 2 N–H and O–H groups in total. The predicted octanol–water partition coefficient (Wildman–Crippen LogP) is 2.31. The molecular formula is C13H13F2N3. The second-order valence-corrected chi connectivity index (χ2v) is 4.16. The summed E-state index contributed by atoms with van der Waals surface area (Å²) in [5.41, 5.74) is 6.14. The Kier molecular flexibility index (Phi) is 3.62. The lowest BCUT2D eigenvalue weighted by atomic mass is 10.1. The largest absolute Gasteiger partial charge is 0.328 e. The summed E-state index contributed by atoms with van der Waals surface area (Å²) in [7, 11) is 0. The van der Waals surface area contributed by atoms with E-state index in [0.717, 1.165) is 18.2 Å². The number of hydrogen-bond acceptors (Lipinski definition) is 3. The lowest BCUT2D eigenvalue weighted by Gasteiger charge is -2.07. The molecule has 1 heterocycles. The number of aromatic nitrogens is 2. The fourth-order valence-corrected chi connectivity index (χ4v) is 1.63. The number of benzene rings is 1. The maximum absolute atomic E-state index is 13.6. The minimum absolute atomic E-state index is 0.0855. The summed E-state index contributed by atoms with van der Waals surface area (Å²) in [6.07, 6.45) is 2.01. The van der Waals surface area contributed by atoms with Gasteiger partial charge in [-0.3, -0.25) is 0 Å². The van der Waals surface area contributed by atoms with Crippen LogP contribution in [0.25, 0.3) is 11.3 Å². The van der Waals surface area contributed by atoms with Gasteiger partial charge in [-0.1, -0.05) is 0 Å². The van der Waals surface area contributed by atoms with Gasteiger partial charge in [0.25, 0.3) is 0 Å². The van der Waals surface area contributed by atoms with Gasteiger partial charge in [0.2, 0.25) is 0 Å². The van der Waals surface area contributed by atoms with E-state index in [1.807, 2.05) is 6.92 Å². The second-order valence-electron chi connectivity index (χ2n) is 4.16. The van der Waals surface area contributed by atoms with Gasteiger partial charge in [0.15, 0.2) is 0 Å². The van der Waals surface area contributed by atoms with Crippen LogP contribution in [0.3, 0.4) is 0 Å². The third kappa shape index (κ3) is 2.87. The van der Waals surface area contributed by atoms with E-state index in [1.54, 1.807) is 6.07 Å². The minimum atomic E-state index is -0.512. The van der Waals surface area contributed by atoms with E-state index in [2.05, 4.69) is 9.97 Å². The van der Waals surface area contributed by atoms with Gasteiger partial charge in [-0.05, 0) is 31.2 Å². The Bertz CT molecular complexity index is 556. The van der Waals surface area contributed by atoms with Gasteiger partial charge in [-0.15, -0.1) is 0 Å². The van der Waals surface area contributed by atoms with Crippen LogP contribution in [0.15, 0.2) is 30.5 Å². The zero-order valence-electron chi connectivity index (χ0n) is 9.90. The smallest absolute Gasteiger partial charge is 0.132 e. The predicted molar refractivity (Wildman–Crippen MR) is 64.7 cm³/mol. The highest BCUT2D eigenvalue weighted by molar-refractivity contribution is 5.59. The molecule has 0 radical (unpaired) electrons. The molecule has 0 aliphatic rings. The molecule has 0 saturated carbocycles. The summed E-state index contributed by atoms with van der Waals surface area (Å²) in [6.45, 7) is 1.83. The van der Waals surface area contributed by atoms with Crippen LogP contribution >= 0.6 is 0 Å². The fraction of sp³-hybridized carbons (Fsp3) is 0.231. The van der Waals surface area contributed by atoms with E-state index >= 15 is 0 Å². The third-order valence-corrected chi connectivity index (χ3v) is 2.41. The lowest BCUT2D eigenvalue weighted by Crippen LogP contribution is -2.19. The molecule has 2 aromatic rings. The summed E-state index contributed by atoms with van der Waals surface area (Å²) in [5, 5.41) is 0. The van der Waals surface area contributed by atoms with Gasteiger partial charge in [0.05, 0.1) is 5.69 Å². The van der Waals surface area contributed by atoms with E-state index in [0.29, 0.717) is 17.9 Å². The van der Waals surface area contributed by atoms with Crippen LogP contribution in [0.4, 0.5) is 8.78 Å². The monoisotopic (exact) mass is 249 g/mol. The summed E-state index contributed by atoms with van der Waals surface area (Å²) < 4.78 is 26.7. The molecule has 0 spiro atoms. The van der Waals surface area contributed by atoms with E-state index < -0.39 is 11.6 Å². The van der Waals surface area contributed by atoms with Crippen LogP contribution in [0.2, 0.25) is 0 Å². The second kappa shape index (κ2) is 5.18. The Labute approximate surface area is 104 Å². The molecule has 3 nitrogen and oxygen atoms in total. The first-order valence-electron chi connectivity index (χ1n) is 5.59. The number of rotatable bonds is 3. The molecule has 1 unspecified atom stereocenters. The number of nitrogens with zero attached hydrogens (tertiary/aromatic N) is 2. The SMILES string of the molecule is CC(N)Cc1nccc(-c2cc(F)ccc2F)n1. The molecule has 5 heteroatoms. The van der Waals surface area contributed by atoms with Crippen molar-refractivity contribution in [3.05, 3.63) is 47.9 Å². The van der Waals surface area contributed by atoms with Gasteiger partial charge >= 0.3 is 0 Å². The zero-order chi connectivity index (χ0) is 13.1. The molecule has 18 heavy (non-hydrogen) atoms. The first-order chi connectivity index (χ1) is 8.56. The van der Waals surface area contributed by atoms with Gasteiger partial charge in [0.1, 0.15) is 17.5 Å². The van der Waals surface area contributed by atoms with Gasteiger partial charge in [0, 0.05) is 24.2 Å². The van der Waals surface area contributed by atoms with Crippen molar-refractivity contribution in [1.82, 2.24) is 9.97 Å². The van der Waals surface area contributed by atoms with Crippen LogP contribution in [0, 0.1) is 11.6 Å². The minimum Gasteiger partial charge on any atom is -0.328 e. The molecule has 0 bridgehead atoms. The van der Waals surface area contributed by atoms with Gasteiger partial charge < -0.3 is 5.73 Å². The average Bonchev–Trinajstić information content (AvgIpc) is 2.32. The molecule has 0 aliphatic carbocycles. The average molecular weight is 249 g/mol. The summed E-state index contributed by atoms with van der Waals surface area (Å²) in [6, 6.07) is 4.73. The maximum atomic E-state index is 13.6. The molecule has 0 fully saturated rings. The maximum Gasteiger partial charge on any atom is 0.132 e. The lowest BCUT2D eigenvalue weighted by molar-refractivity contribution is 0.602. The van der Waals surface area contributed by atoms with E-state index in [-0.39, 0.29) is 11.6 Å². The van der Waals surface area contributed by atoms with Gasteiger partial charge in [-0.2, -0.15) is 0 Å². The first-order valence-corrected chi connectivity index (χ1v) is 5.59. The van der Waals surface area contributed by atoms with Crippen LogP contribution in [-0.2, 0) is 6.42 Å². The van der Waals surface area contributed by atoms with Crippen molar-refractivity contribution < 1.29 is 8.78 Å². The molecule has 0 amide bonds. The Morgan fingerprint density at radius 3 is 2.78 bits per heavy atom. The highest BCUT2D eigenvalue weighted by Crippen LogP contribution is 2.21. The fourth-order valence-electron chi connectivity index (χ4n) is 1.63. The molecule has 2 rings (SSSR count). The quantitative estimate of drug-likeness (QED) is 0.908. The zero-order valence-corrected chi connectivity index (χ0v) is 9.90. The number of halogens is 2. The molecular weight excluding hydrogens is 236 g/mol. The van der Waals surface area contributed by atoms with Crippen molar-refractivity contribution in [2.75, 3.05) is 0 Å². The Morgan fingerprint density at radius 2 is 2.06 bits per heavy atom. The highest BCUT2D eigenvalue weighted by atomic mass is 19.1. The normalized spacial score (nSPS) is 12.4. The van der Waals surface area contributed by atoms with Crippen molar-refractivity contribution in [3.8, 4) is 11.3 Å². The first kappa shape index (κ1) is 12.6. The Morgan fingerprint density at radius 1 is 1.28 bits per heavy atom. The molecule has 1 aromatic heterocycles. The van der Waals surface area contributed by atoms with Crippen molar-refractivity contribution in [1.29, 1.82) is 0 Å². The topological polar surface area (TPSA) is 51.8 Å². The van der Waals surface area contributed by atoms with E-state index in [1.165, 1.54) is 6.20 Å². The van der Waals surface area contributed by atoms with E-state index in [4.69, 9.17) is 5.73 Å². The Hall–Kier alpha value is -1.88. The number of nitrogens with two attached hydrogens (primary N) is 1. The van der Waals surface area contributed by atoms with Gasteiger partial charge in [-0.25, -0.2) is 18.7 Å². The van der Waals surface area contributed by atoms with Crippen LogP contribution in [-0.4, -0.2) is 16.0 Å².